The summed E-state index contributed by atoms with van der Waals surface area (Å²) in [7, 11) is 0. The molecule has 0 atom stereocenters. The summed E-state index contributed by atoms with van der Waals surface area (Å²) in [6.45, 7) is 2.00. The highest BCUT2D eigenvalue weighted by atomic mass is 35.5. The fourth-order valence-corrected chi connectivity index (χ4v) is 3.96. The molecule has 0 amide bonds. The highest BCUT2D eigenvalue weighted by Crippen LogP contribution is 2.36. The number of hydrogen-bond acceptors (Lipinski definition) is 6. The zero-order valence-electron chi connectivity index (χ0n) is 15.8. The van der Waals surface area contributed by atoms with Gasteiger partial charge in [-0.15, -0.1) is 0 Å². The van der Waals surface area contributed by atoms with Crippen LogP contribution in [0.2, 0.25) is 5.02 Å². The quantitative estimate of drug-likeness (QED) is 0.659. The first kappa shape index (κ1) is 18.2. The van der Waals surface area contributed by atoms with Crippen molar-refractivity contribution < 1.29 is 9.90 Å². The molecular formula is C20H21ClN6O2. The molecule has 5 rings (SSSR count). The molecule has 9 heteroatoms. The van der Waals surface area contributed by atoms with Crippen molar-refractivity contribution in [2.45, 2.75) is 38.1 Å². The summed E-state index contributed by atoms with van der Waals surface area (Å²) in [5.74, 6) is 0.00678. The van der Waals surface area contributed by atoms with E-state index in [4.69, 9.17) is 16.7 Å². The van der Waals surface area contributed by atoms with Crippen LogP contribution < -0.4 is 10.2 Å². The molecule has 0 bridgehead atoms. The number of carboxylic acid groups (broad SMARTS) is 1. The fourth-order valence-electron chi connectivity index (χ4n) is 3.68. The van der Waals surface area contributed by atoms with Gasteiger partial charge in [0.25, 0.3) is 5.95 Å². The number of benzene rings is 1. The van der Waals surface area contributed by atoms with Crippen LogP contribution in [-0.4, -0.2) is 50.0 Å². The van der Waals surface area contributed by atoms with Crippen LogP contribution in [0.3, 0.4) is 0 Å². The maximum Gasteiger partial charge on any atom is 0.338 e. The largest absolute Gasteiger partial charge is 0.478 e. The zero-order valence-corrected chi connectivity index (χ0v) is 16.6. The van der Waals surface area contributed by atoms with Crippen molar-refractivity contribution in [2.75, 3.05) is 23.3 Å². The Kier molecular flexibility index (Phi) is 4.50. The first-order valence-corrected chi connectivity index (χ1v) is 10.3. The second kappa shape index (κ2) is 7.18. The third-order valence-electron chi connectivity index (χ3n) is 5.40. The van der Waals surface area contributed by atoms with Crippen LogP contribution in [-0.2, 0) is 0 Å². The predicted octanol–water partition coefficient (Wildman–Crippen LogP) is 3.73. The molecule has 0 spiro atoms. The standard InChI is InChI=1S/C20H21ClN6O2/c21-15-9-16-14(8-17(15)26-6-2-1-3-7-26)18(23-13-4-5-13)25-20(24-16)27-11-12(10-22-27)19(28)29/h8-11,13H,1-7H2,(H,28,29)(H,23,24,25). The van der Waals surface area contributed by atoms with E-state index in [0.717, 1.165) is 42.8 Å². The van der Waals surface area contributed by atoms with E-state index in [1.165, 1.54) is 36.3 Å². The lowest BCUT2D eigenvalue weighted by molar-refractivity contribution is 0.0697. The highest BCUT2D eigenvalue weighted by Gasteiger charge is 2.24. The van der Waals surface area contributed by atoms with Gasteiger partial charge in [-0.25, -0.2) is 14.5 Å². The maximum atomic E-state index is 11.2. The Morgan fingerprint density at radius 2 is 1.97 bits per heavy atom. The van der Waals surface area contributed by atoms with Crippen LogP contribution in [0.25, 0.3) is 16.9 Å². The van der Waals surface area contributed by atoms with E-state index in [1.54, 1.807) is 0 Å². The molecule has 0 unspecified atom stereocenters. The van der Waals surface area contributed by atoms with Gasteiger partial charge >= 0.3 is 5.97 Å². The van der Waals surface area contributed by atoms with Crippen molar-refractivity contribution in [3.8, 4) is 5.95 Å². The highest BCUT2D eigenvalue weighted by molar-refractivity contribution is 6.34. The van der Waals surface area contributed by atoms with E-state index in [2.05, 4.69) is 31.3 Å². The van der Waals surface area contributed by atoms with Gasteiger partial charge in [0.15, 0.2) is 0 Å². The van der Waals surface area contributed by atoms with Crippen LogP contribution >= 0.6 is 11.6 Å². The summed E-state index contributed by atoms with van der Waals surface area (Å²) in [6, 6.07) is 4.34. The van der Waals surface area contributed by atoms with E-state index < -0.39 is 5.97 Å². The first-order chi connectivity index (χ1) is 14.1. The van der Waals surface area contributed by atoms with E-state index in [1.807, 2.05) is 6.07 Å². The van der Waals surface area contributed by atoms with Gasteiger partial charge in [0.1, 0.15) is 5.82 Å². The van der Waals surface area contributed by atoms with E-state index in [-0.39, 0.29) is 5.56 Å². The fraction of sp³-hybridized carbons (Fsp3) is 0.400. The molecule has 3 aromatic rings. The summed E-state index contributed by atoms with van der Waals surface area (Å²) in [6.07, 6.45) is 8.51. The minimum Gasteiger partial charge on any atom is -0.478 e. The zero-order chi connectivity index (χ0) is 20.0. The molecule has 1 saturated heterocycles. The lowest BCUT2D eigenvalue weighted by Crippen LogP contribution is -2.29. The Bertz CT molecular complexity index is 1090. The molecule has 1 aromatic carbocycles. The van der Waals surface area contributed by atoms with Crippen molar-refractivity contribution in [1.82, 2.24) is 19.7 Å². The van der Waals surface area contributed by atoms with Crippen molar-refractivity contribution in [2.24, 2.45) is 0 Å². The van der Waals surface area contributed by atoms with E-state index in [9.17, 15) is 4.79 Å². The van der Waals surface area contributed by atoms with Gasteiger partial charge in [0, 0.05) is 30.7 Å². The Morgan fingerprint density at radius 3 is 2.66 bits per heavy atom. The molecule has 2 aromatic heterocycles. The topological polar surface area (TPSA) is 96.2 Å². The third kappa shape index (κ3) is 3.60. The monoisotopic (exact) mass is 412 g/mol. The summed E-state index contributed by atoms with van der Waals surface area (Å²) < 4.78 is 1.38. The molecule has 1 aliphatic carbocycles. The van der Waals surface area contributed by atoms with Gasteiger partial charge in [-0.2, -0.15) is 10.1 Å². The Labute approximate surface area is 172 Å². The molecule has 0 radical (unpaired) electrons. The summed E-state index contributed by atoms with van der Waals surface area (Å²) in [5, 5.41) is 18.3. The smallest absolute Gasteiger partial charge is 0.338 e. The summed E-state index contributed by atoms with van der Waals surface area (Å²) in [5.41, 5.74) is 1.81. The Morgan fingerprint density at radius 1 is 1.17 bits per heavy atom. The normalized spacial score (nSPS) is 16.9. The van der Waals surface area contributed by atoms with Gasteiger partial charge in [-0.05, 0) is 44.2 Å². The van der Waals surface area contributed by atoms with Crippen LogP contribution in [0, 0.1) is 0 Å². The number of nitrogens with one attached hydrogen (secondary N) is 1. The molecule has 2 fully saturated rings. The molecular weight excluding hydrogens is 392 g/mol. The number of halogens is 1. The van der Waals surface area contributed by atoms with Gasteiger partial charge in [0.2, 0.25) is 0 Å². The number of aromatic carboxylic acids is 1. The summed E-state index contributed by atoms with van der Waals surface area (Å²) in [4.78, 5) is 22.8. The van der Waals surface area contributed by atoms with Crippen LogP contribution in [0.1, 0.15) is 42.5 Å². The number of carbonyl (C=O) groups is 1. The molecule has 3 heterocycles. The van der Waals surface area contributed by atoms with Gasteiger partial charge in [0.05, 0.1) is 28.0 Å². The lowest BCUT2D eigenvalue weighted by atomic mass is 10.1. The van der Waals surface area contributed by atoms with Gasteiger partial charge in [-0.1, -0.05) is 11.6 Å². The lowest BCUT2D eigenvalue weighted by Gasteiger charge is -2.30. The third-order valence-corrected chi connectivity index (χ3v) is 5.70. The predicted molar refractivity (Wildman–Crippen MR) is 111 cm³/mol. The van der Waals surface area contributed by atoms with Crippen molar-refractivity contribution >= 4 is 40.0 Å². The average Bonchev–Trinajstić information content (AvgIpc) is 3.39. The number of nitrogens with zero attached hydrogens (tertiary/aromatic N) is 5. The van der Waals surface area contributed by atoms with Gasteiger partial charge in [-0.3, -0.25) is 0 Å². The average molecular weight is 413 g/mol. The maximum absolute atomic E-state index is 11.2. The molecule has 2 N–H and O–H groups in total. The second-order valence-electron chi connectivity index (χ2n) is 7.64. The first-order valence-electron chi connectivity index (χ1n) is 9.89. The number of carboxylic acids is 1. The molecule has 1 aliphatic heterocycles. The van der Waals surface area contributed by atoms with Gasteiger partial charge < -0.3 is 15.3 Å². The number of piperidine rings is 1. The number of aromatic nitrogens is 4. The van der Waals surface area contributed by atoms with Crippen LogP contribution in [0.4, 0.5) is 11.5 Å². The second-order valence-corrected chi connectivity index (χ2v) is 8.05. The Hall–Kier alpha value is -2.87. The van der Waals surface area contributed by atoms with Crippen molar-refractivity contribution in [3.63, 3.8) is 0 Å². The minimum absolute atomic E-state index is 0.0869. The SMILES string of the molecule is O=C(O)c1cnn(-c2nc(NC3CC3)c3cc(N4CCCCC4)c(Cl)cc3n2)c1. The number of anilines is 2. The van der Waals surface area contributed by atoms with E-state index >= 15 is 0 Å². The molecule has 8 nitrogen and oxygen atoms in total. The molecule has 29 heavy (non-hydrogen) atoms. The molecule has 2 aliphatic rings. The molecule has 150 valence electrons. The number of rotatable bonds is 5. The van der Waals surface area contributed by atoms with Crippen LogP contribution in [0.15, 0.2) is 24.5 Å². The van der Waals surface area contributed by atoms with Crippen LogP contribution in [0.5, 0.6) is 0 Å². The number of fused-ring (bicyclic) bond motifs is 1. The minimum atomic E-state index is -1.04. The van der Waals surface area contributed by atoms with Crippen molar-refractivity contribution in [1.29, 1.82) is 0 Å². The molecule has 1 saturated carbocycles. The Balaban J connectivity index is 1.62. The van der Waals surface area contributed by atoms with E-state index in [0.29, 0.717) is 22.5 Å². The number of hydrogen-bond donors (Lipinski definition) is 2. The van der Waals surface area contributed by atoms with Crippen molar-refractivity contribution in [3.05, 3.63) is 35.1 Å². The summed E-state index contributed by atoms with van der Waals surface area (Å²) >= 11 is 6.63.